The molecule has 1 heterocycles. The number of anilines is 2. The smallest absolute Gasteiger partial charge is 0.329 e. The van der Waals surface area contributed by atoms with E-state index in [-0.39, 0.29) is 16.8 Å². The van der Waals surface area contributed by atoms with E-state index in [0.29, 0.717) is 10.7 Å². The second kappa shape index (κ2) is 5.16. The van der Waals surface area contributed by atoms with Crippen molar-refractivity contribution in [2.24, 2.45) is 0 Å². The van der Waals surface area contributed by atoms with Crippen molar-refractivity contribution in [2.75, 3.05) is 5.32 Å². The van der Waals surface area contributed by atoms with Gasteiger partial charge in [-0.05, 0) is 35.9 Å². The Labute approximate surface area is 112 Å². The zero-order valence-corrected chi connectivity index (χ0v) is 10.3. The highest BCUT2D eigenvalue weighted by molar-refractivity contribution is 6.30. The molecule has 1 N–H and O–H groups in total. The lowest BCUT2D eigenvalue weighted by molar-refractivity contribution is -0.384. The number of aromatic nitrogens is 2. The van der Waals surface area contributed by atoms with Gasteiger partial charge in [-0.2, -0.15) is 4.98 Å². The van der Waals surface area contributed by atoms with Crippen molar-refractivity contribution < 1.29 is 4.92 Å². The Balaban J connectivity index is 2.35. The fraction of sp³-hybridized carbons (Fsp3) is 0. The molecule has 0 atom stereocenters. The molecule has 2 rings (SSSR count). The van der Waals surface area contributed by atoms with Crippen LogP contribution in [0.15, 0.2) is 30.5 Å². The molecule has 0 unspecified atom stereocenters. The van der Waals surface area contributed by atoms with Gasteiger partial charge in [0.2, 0.25) is 11.1 Å². The average molecular weight is 285 g/mol. The van der Waals surface area contributed by atoms with Gasteiger partial charge in [-0.1, -0.05) is 11.6 Å². The Morgan fingerprint density at radius 2 is 1.89 bits per heavy atom. The van der Waals surface area contributed by atoms with Gasteiger partial charge in [0, 0.05) is 10.7 Å². The van der Waals surface area contributed by atoms with Crippen molar-refractivity contribution in [2.45, 2.75) is 0 Å². The Morgan fingerprint density at radius 1 is 1.22 bits per heavy atom. The number of hydrogen-bond acceptors (Lipinski definition) is 5. The third-order valence-corrected chi connectivity index (χ3v) is 2.48. The van der Waals surface area contributed by atoms with E-state index in [0.717, 1.165) is 6.20 Å². The predicted molar refractivity (Wildman–Crippen MR) is 68.4 cm³/mol. The number of benzene rings is 1. The molecule has 0 spiro atoms. The number of rotatable bonds is 3. The topological polar surface area (TPSA) is 81.0 Å². The third-order valence-electron chi connectivity index (χ3n) is 2.04. The summed E-state index contributed by atoms with van der Waals surface area (Å²) in [5.41, 5.74) is 0.353. The second-order valence-corrected chi connectivity index (χ2v) is 4.04. The molecule has 2 aromatic rings. The maximum absolute atomic E-state index is 10.8. The van der Waals surface area contributed by atoms with E-state index in [9.17, 15) is 10.1 Å². The minimum absolute atomic E-state index is 0.0299. The average Bonchev–Trinajstić information content (AvgIpc) is 2.32. The Hall–Kier alpha value is -1.92. The van der Waals surface area contributed by atoms with Crippen LogP contribution in [0.5, 0.6) is 0 Å². The summed E-state index contributed by atoms with van der Waals surface area (Å²) in [6.45, 7) is 0. The maximum Gasteiger partial charge on any atom is 0.329 e. The van der Waals surface area contributed by atoms with Crippen molar-refractivity contribution in [1.82, 2.24) is 9.97 Å². The van der Waals surface area contributed by atoms with E-state index in [1.165, 1.54) is 0 Å². The van der Waals surface area contributed by atoms with Crippen LogP contribution < -0.4 is 5.32 Å². The summed E-state index contributed by atoms with van der Waals surface area (Å²) in [5, 5.41) is 14.1. The molecule has 6 nitrogen and oxygen atoms in total. The minimum atomic E-state index is -0.589. The van der Waals surface area contributed by atoms with Gasteiger partial charge in [0.1, 0.15) is 6.20 Å². The fourth-order valence-electron chi connectivity index (χ4n) is 1.25. The first-order valence-corrected chi connectivity index (χ1v) is 5.51. The summed E-state index contributed by atoms with van der Waals surface area (Å²) in [5.74, 6) is 0.0299. The summed E-state index contributed by atoms with van der Waals surface area (Å²) < 4.78 is 0. The first-order chi connectivity index (χ1) is 8.56. The molecule has 0 saturated heterocycles. The van der Waals surface area contributed by atoms with E-state index in [4.69, 9.17) is 23.2 Å². The zero-order chi connectivity index (χ0) is 13.1. The van der Waals surface area contributed by atoms with Gasteiger partial charge >= 0.3 is 5.69 Å². The molecule has 18 heavy (non-hydrogen) atoms. The quantitative estimate of drug-likeness (QED) is 0.530. The molecular weight excluding hydrogens is 279 g/mol. The van der Waals surface area contributed by atoms with Crippen LogP contribution >= 0.6 is 23.2 Å². The van der Waals surface area contributed by atoms with Crippen LogP contribution in [0.25, 0.3) is 0 Å². The van der Waals surface area contributed by atoms with Crippen LogP contribution in [0.3, 0.4) is 0 Å². The lowest BCUT2D eigenvalue weighted by Crippen LogP contribution is -2.01. The number of nitrogens with one attached hydrogen (secondary N) is 1. The summed E-state index contributed by atoms with van der Waals surface area (Å²) >= 11 is 11.3. The van der Waals surface area contributed by atoms with Crippen LogP contribution in [0.2, 0.25) is 10.3 Å². The van der Waals surface area contributed by atoms with Gasteiger partial charge in [-0.15, -0.1) is 0 Å². The van der Waals surface area contributed by atoms with Crippen LogP contribution in [0, 0.1) is 10.1 Å². The highest BCUT2D eigenvalue weighted by Gasteiger charge is 2.16. The number of halogens is 2. The standard InChI is InChI=1S/C10H6Cl2N4O2/c11-6-1-3-7(4-2-6)14-9-8(16(17)18)5-13-10(12)15-9/h1-5H,(H,13,14,15). The van der Waals surface area contributed by atoms with Gasteiger partial charge in [-0.3, -0.25) is 10.1 Å². The SMILES string of the molecule is O=[N+]([O-])c1cnc(Cl)nc1Nc1ccc(Cl)cc1. The lowest BCUT2D eigenvalue weighted by atomic mass is 10.3. The highest BCUT2D eigenvalue weighted by atomic mass is 35.5. The first kappa shape index (κ1) is 12.5. The molecule has 0 fully saturated rings. The molecule has 0 amide bonds. The van der Waals surface area contributed by atoms with Crippen molar-refractivity contribution in [3.05, 3.63) is 50.9 Å². The largest absolute Gasteiger partial charge is 0.334 e. The van der Waals surface area contributed by atoms with Gasteiger partial charge in [0.25, 0.3) is 0 Å². The van der Waals surface area contributed by atoms with Gasteiger partial charge in [0.05, 0.1) is 4.92 Å². The molecule has 0 saturated carbocycles. The van der Waals surface area contributed by atoms with Crippen LogP contribution in [-0.4, -0.2) is 14.9 Å². The normalized spacial score (nSPS) is 10.1. The molecule has 0 bridgehead atoms. The zero-order valence-electron chi connectivity index (χ0n) is 8.80. The van der Waals surface area contributed by atoms with Crippen molar-refractivity contribution in [3.8, 4) is 0 Å². The summed E-state index contributed by atoms with van der Waals surface area (Å²) in [6.07, 6.45) is 1.05. The number of nitro groups is 1. The van der Waals surface area contributed by atoms with E-state index < -0.39 is 4.92 Å². The molecule has 0 aliphatic rings. The molecule has 92 valence electrons. The molecule has 0 aliphatic heterocycles. The van der Waals surface area contributed by atoms with Crippen LogP contribution in [-0.2, 0) is 0 Å². The monoisotopic (exact) mass is 284 g/mol. The van der Waals surface area contributed by atoms with Crippen molar-refractivity contribution in [3.63, 3.8) is 0 Å². The second-order valence-electron chi connectivity index (χ2n) is 3.26. The summed E-state index contributed by atoms with van der Waals surface area (Å²) in [6, 6.07) is 6.64. The molecule has 0 aliphatic carbocycles. The first-order valence-electron chi connectivity index (χ1n) is 4.76. The van der Waals surface area contributed by atoms with Gasteiger partial charge in [0.15, 0.2) is 0 Å². The van der Waals surface area contributed by atoms with E-state index in [1.807, 2.05) is 0 Å². The van der Waals surface area contributed by atoms with Gasteiger partial charge < -0.3 is 5.32 Å². The summed E-state index contributed by atoms with van der Waals surface area (Å²) in [4.78, 5) is 17.6. The van der Waals surface area contributed by atoms with E-state index in [1.54, 1.807) is 24.3 Å². The lowest BCUT2D eigenvalue weighted by Gasteiger charge is -2.05. The minimum Gasteiger partial charge on any atom is -0.334 e. The molecule has 1 aromatic heterocycles. The van der Waals surface area contributed by atoms with Crippen LogP contribution in [0.1, 0.15) is 0 Å². The van der Waals surface area contributed by atoms with Crippen molar-refractivity contribution in [1.29, 1.82) is 0 Å². The van der Waals surface area contributed by atoms with Crippen LogP contribution in [0.4, 0.5) is 17.2 Å². The van der Waals surface area contributed by atoms with E-state index >= 15 is 0 Å². The summed E-state index contributed by atoms with van der Waals surface area (Å²) in [7, 11) is 0. The molecule has 8 heteroatoms. The third kappa shape index (κ3) is 2.85. The Bertz CT molecular complexity index is 589. The van der Waals surface area contributed by atoms with Gasteiger partial charge in [-0.25, -0.2) is 4.98 Å². The van der Waals surface area contributed by atoms with E-state index in [2.05, 4.69) is 15.3 Å². The highest BCUT2D eigenvalue weighted by Crippen LogP contribution is 2.26. The number of hydrogen-bond donors (Lipinski definition) is 1. The fourth-order valence-corrected chi connectivity index (χ4v) is 1.51. The Morgan fingerprint density at radius 3 is 2.50 bits per heavy atom. The molecule has 1 aromatic carbocycles. The van der Waals surface area contributed by atoms with Crippen molar-refractivity contribution >= 4 is 40.4 Å². The Kier molecular flexibility index (Phi) is 3.59. The maximum atomic E-state index is 10.8. The predicted octanol–water partition coefficient (Wildman–Crippen LogP) is 3.44. The molecular formula is C10H6Cl2N4O2. The molecule has 0 radical (unpaired) electrons. The number of nitrogens with zero attached hydrogens (tertiary/aromatic N) is 3.